The number of hydrogen-bond acceptors (Lipinski definition) is 4. The molecule has 0 saturated heterocycles. The summed E-state index contributed by atoms with van der Waals surface area (Å²) in [5.74, 6) is 2.16. The summed E-state index contributed by atoms with van der Waals surface area (Å²) in [7, 11) is 1.66. The van der Waals surface area contributed by atoms with Crippen molar-refractivity contribution >= 4 is 16.9 Å². The summed E-state index contributed by atoms with van der Waals surface area (Å²) in [6, 6.07) is 21.9. The molecular formula is C26H27N3O3. The number of aryl methyl sites for hydroxylation is 2. The molecule has 0 radical (unpaired) electrons. The number of carbonyl (C=O) groups excluding carboxylic acids is 1. The molecule has 0 bridgehead atoms. The maximum Gasteiger partial charge on any atom is 0.258 e. The highest BCUT2D eigenvalue weighted by Gasteiger charge is 2.13. The molecule has 164 valence electrons. The first-order valence-electron chi connectivity index (χ1n) is 10.6. The highest BCUT2D eigenvalue weighted by molar-refractivity contribution is 5.78. The third-order valence-electron chi connectivity index (χ3n) is 5.38. The zero-order valence-corrected chi connectivity index (χ0v) is 18.6. The molecule has 1 aromatic heterocycles. The van der Waals surface area contributed by atoms with Crippen LogP contribution in [0.2, 0.25) is 0 Å². The first-order valence-corrected chi connectivity index (χ1v) is 10.6. The van der Waals surface area contributed by atoms with Crippen molar-refractivity contribution in [1.29, 1.82) is 0 Å². The number of benzene rings is 3. The molecule has 0 saturated carbocycles. The Labute approximate surface area is 187 Å². The van der Waals surface area contributed by atoms with Crippen LogP contribution in [-0.4, -0.2) is 29.2 Å². The SMILES string of the molecule is COc1ccc(Cn2c(CNC(=O)COc3cc(C)ccc3C)nc3ccccc32)cc1. The van der Waals surface area contributed by atoms with Crippen molar-refractivity contribution < 1.29 is 14.3 Å². The van der Waals surface area contributed by atoms with E-state index in [4.69, 9.17) is 14.5 Å². The van der Waals surface area contributed by atoms with Gasteiger partial charge in [0.05, 0.1) is 24.7 Å². The van der Waals surface area contributed by atoms with Gasteiger partial charge in [-0.05, 0) is 60.9 Å². The summed E-state index contributed by atoms with van der Waals surface area (Å²) < 4.78 is 13.1. The monoisotopic (exact) mass is 429 g/mol. The maximum atomic E-state index is 12.5. The van der Waals surface area contributed by atoms with E-state index in [-0.39, 0.29) is 12.5 Å². The smallest absolute Gasteiger partial charge is 0.258 e. The van der Waals surface area contributed by atoms with Gasteiger partial charge in [0, 0.05) is 6.54 Å². The van der Waals surface area contributed by atoms with E-state index in [1.54, 1.807) is 7.11 Å². The number of methoxy groups -OCH3 is 1. The number of ether oxygens (including phenoxy) is 2. The fraction of sp³-hybridized carbons (Fsp3) is 0.231. The average Bonchev–Trinajstić information content (AvgIpc) is 3.16. The molecule has 0 unspecified atom stereocenters. The van der Waals surface area contributed by atoms with Gasteiger partial charge in [0.25, 0.3) is 5.91 Å². The standard InChI is InChI=1S/C26H27N3O3/c1-18-8-9-19(2)24(14-18)32-17-26(30)27-15-25-28-22-6-4-5-7-23(22)29(25)16-20-10-12-21(31-3)13-11-20/h4-14H,15-17H2,1-3H3,(H,27,30). The lowest BCUT2D eigenvalue weighted by atomic mass is 10.1. The summed E-state index contributed by atoms with van der Waals surface area (Å²) >= 11 is 0. The highest BCUT2D eigenvalue weighted by atomic mass is 16.5. The molecule has 0 aliphatic heterocycles. The van der Waals surface area contributed by atoms with Crippen LogP contribution in [0.15, 0.2) is 66.7 Å². The Bertz CT molecular complexity index is 1230. The minimum absolute atomic E-state index is 0.0387. The summed E-state index contributed by atoms with van der Waals surface area (Å²) in [4.78, 5) is 17.2. The average molecular weight is 430 g/mol. The minimum Gasteiger partial charge on any atom is -0.497 e. The molecule has 6 nitrogen and oxygen atoms in total. The van der Waals surface area contributed by atoms with Gasteiger partial charge in [-0.1, -0.05) is 36.4 Å². The van der Waals surface area contributed by atoms with Crippen LogP contribution >= 0.6 is 0 Å². The number of hydrogen-bond donors (Lipinski definition) is 1. The molecular weight excluding hydrogens is 402 g/mol. The van der Waals surface area contributed by atoms with Crippen LogP contribution in [0.1, 0.15) is 22.5 Å². The van der Waals surface area contributed by atoms with E-state index in [0.29, 0.717) is 13.1 Å². The maximum absolute atomic E-state index is 12.5. The lowest BCUT2D eigenvalue weighted by Gasteiger charge is -2.12. The van der Waals surface area contributed by atoms with Crippen molar-refractivity contribution in [2.75, 3.05) is 13.7 Å². The molecule has 4 rings (SSSR count). The number of imidazole rings is 1. The quantitative estimate of drug-likeness (QED) is 0.451. The van der Waals surface area contributed by atoms with Gasteiger partial charge in [0.15, 0.2) is 6.61 Å². The zero-order chi connectivity index (χ0) is 22.5. The van der Waals surface area contributed by atoms with Crippen LogP contribution < -0.4 is 14.8 Å². The molecule has 6 heteroatoms. The number of para-hydroxylation sites is 2. The molecule has 1 amide bonds. The molecule has 0 fully saturated rings. The van der Waals surface area contributed by atoms with Crippen LogP contribution in [-0.2, 0) is 17.9 Å². The Balaban J connectivity index is 1.46. The number of fused-ring (bicyclic) bond motifs is 1. The third kappa shape index (κ3) is 4.91. The molecule has 0 aliphatic rings. The summed E-state index contributed by atoms with van der Waals surface area (Å²) in [5.41, 5.74) is 5.15. The molecule has 0 spiro atoms. The van der Waals surface area contributed by atoms with Crippen LogP contribution in [0.3, 0.4) is 0 Å². The fourth-order valence-corrected chi connectivity index (χ4v) is 3.59. The first-order chi connectivity index (χ1) is 15.5. The highest BCUT2D eigenvalue weighted by Crippen LogP contribution is 2.20. The van der Waals surface area contributed by atoms with Crippen molar-refractivity contribution in [3.8, 4) is 11.5 Å². The Morgan fingerprint density at radius 2 is 1.81 bits per heavy atom. The summed E-state index contributed by atoms with van der Waals surface area (Å²) in [5, 5.41) is 2.94. The zero-order valence-electron chi connectivity index (χ0n) is 18.6. The van der Waals surface area contributed by atoms with Crippen LogP contribution in [0.4, 0.5) is 0 Å². The van der Waals surface area contributed by atoms with E-state index < -0.39 is 0 Å². The van der Waals surface area contributed by atoms with E-state index in [9.17, 15) is 4.79 Å². The van der Waals surface area contributed by atoms with Crippen LogP contribution in [0.5, 0.6) is 11.5 Å². The van der Waals surface area contributed by atoms with Gasteiger partial charge in [-0.25, -0.2) is 4.98 Å². The number of nitrogens with zero attached hydrogens (tertiary/aromatic N) is 2. The van der Waals surface area contributed by atoms with E-state index in [1.807, 2.05) is 80.6 Å². The van der Waals surface area contributed by atoms with Crippen molar-refractivity contribution in [3.63, 3.8) is 0 Å². The van der Waals surface area contributed by atoms with Gasteiger partial charge in [0.1, 0.15) is 17.3 Å². The van der Waals surface area contributed by atoms with Crippen LogP contribution in [0.25, 0.3) is 11.0 Å². The second kappa shape index (κ2) is 9.56. The number of nitrogens with one attached hydrogen (secondary N) is 1. The molecule has 4 aromatic rings. The number of amides is 1. The van der Waals surface area contributed by atoms with Crippen molar-refractivity contribution in [2.45, 2.75) is 26.9 Å². The van der Waals surface area contributed by atoms with Gasteiger partial charge in [-0.2, -0.15) is 0 Å². The lowest BCUT2D eigenvalue weighted by Crippen LogP contribution is -2.29. The van der Waals surface area contributed by atoms with Crippen molar-refractivity contribution in [3.05, 3.63) is 89.2 Å². The minimum atomic E-state index is -0.186. The number of carbonyl (C=O) groups is 1. The van der Waals surface area contributed by atoms with Gasteiger partial charge in [-0.15, -0.1) is 0 Å². The Kier molecular flexibility index (Phi) is 6.40. The number of rotatable bonds is 8. The lowest BCUT2D eigenvalue weighted by molar-refractivity contribution is -0.123. The number of aromatic nitrogens is 2. The molecule has 0 aliphatic carbocycles. The van der Waals surface area contributed by atoms with Gasteiger partial charge in [0.2, 0.25) is 0 Å². The third-order valence-corrected chi connectivity index (χ3v) is 5.38. The van der Waals surface area contributed by atoms with Gasteiger partial charge >= 0.3 is 0 Å². The first kappa shape index (κ1) is 21.4. The fourth-order valence-electron chi connectivity index (χ4n) is 3.59. The molecule has 1 N–H and O–H groups in total. The Morgan fingerprint density at radius 3 is 2.59 bits per heavy atom. The van der Waals surface area contributed by atoms with E-state index in [2.05, 4.69) is 9.88 Å². The van der Waals surface area contributed by atoms with Crippen molar-refractivity contribution in [2.24, 2.45) is 0 Å². The predicted molar refractivity (Wildman–Crippen MR) is 125 cm³/mol. The molecule has 1 heterocycles. The Hall–Kier alpha value is -3.80. The van der Waals surface area contributed by atoms with E-state index in [0.717, 1.165) is 45.0 Å². The second-order valence-corrected chi connectivity index (χ2v) is 7.79. The van der Waals surface area contributed by atoms with Crippen LogP contribution in [0, 0.1) is 13.8 Å². The van der Waals surface area contributed by atoms with Gasteiger partial charge in [-0.3, -0.25) is 4.79 Å². The predicted octanol–water partition coefficient (Wildman–Crippen LogP) is 4.41. The van der Waals surface area contributed by atoms with Crippen molar-refractivity contribution in [1.82, 2.24) is 14.9 Å². The second-order valence-electron chi connectivity index (χ2n) is 7.79. The topological polar surface area (TPSA) is 65.4 Å². The molecule has 0 atom stereocenters. The molecule has 32 heavy (non-hydrogen) atoms. The summed E-state index contributed by atoms with van der Waals surface area (Å²) in [6.45, 7) is 4.89. The normalized spacial score (nSPS) is 10.8. The molecule has 3 aromatic carbocycles. The Morgan fingerprint density at radius 1 is 1.03 bits per heavy atom. The summed E-state index contributed by atoms with van der Waals surface area (Å²) in [6.07, 6.45) is 0. The largest absolute Gasteiger partial charge is 0.497 e. The van der Waals surface area contributed by atoms with E-state index in [1.165, 1.54) is 0 Å². The van der Waals surface area contributed by atoms with Gasteiger partial charge < -0.3 is 19.4 Å². The van der Waals surface area contributed by atoms with E-state index >= 15 is 0 Å².